The second-order valence-corrected chi connectivity index (χ2v) is 5.11. The first-order chi connectivity index (χ1) is 9.47. The van der Waals surface area contributed by atoms with E-state index in [1.165, 1.54) is 10.6 Å². The average Bonchev–Trinajstić information content (AvgIpc) is 2.37. The van der Waals surface area contributed by atoms with Crippen molar-refractivity contribution in [1.29, 1.82) is 0 Å². The van der Waals surface area contributed by atoms with E-state index < -0.39 is 0 Å². The van der Waals surface area contributed by atoms with Crippen molar-refractivity contribution in [3.63, 3.8) is 0 Å². The van der Waals surface area contributed by atoms with Gasteiger partial charge in [0.2, 0.25) is 5.91 Å². The molecule has 104 valence electrons. The number of pyridine rings is 1. The van der Waals surface area contributed by atoms with Crippen LogP contribution in [0.3, 0.4) is 0 Å². The Morgan fingerprint density at radius 1 is 1.25 bits per heavy atom. The molecule has 0 unspecified atom stereocenters. The third kappa shape index (κ3) is 3.40. The van der Waals surface area contributed by atoms with Gasteiger partial charge in [0.05, 0.1) is 10.7 Å². The summed E-state index contributed by atoms with van der Waals surface area (Å²) in [5.41, 5.74) is 0.958. The monoisotopic (exact) mass is 310 g/mol. The molecule has 0 saturated carbocycles. The Bertz CT molecular complexity index is 711. The molecule has 0 spiro atoms. The fraction of sp³-hybridized carbons (Fsp3) is 0.143. The van der Waals surface area contributed by atoms with Crippen LogP contribution in [0.4, 0.5) is 5.69 Å². The van der Waals surface area contributed by atoms with E-state index in [0.29, 0.717) is 15.7 Å². The molecule has 1 N–H and O–H groups in total. The molecule has 1 amide bonds. The van der Waals surface area contributed by atoms with Crippen molar-refractivity contribution >= 4 is 34.8 Å². The highest BCUT2D eigenvalue weighted by atomic mass is 35.5. The van der Waals surface area contributed by atoms with Crippen LogP contribution in [0.25, 0.3) is 0 Å². The first-order valence-corrected chi connectivity index (χ1v) is 6.64. The summed E-state index contributed by atoms with van der Waals surface area (Å²) in [6, 6.07) is 9.62. The number of hydrogen-bond donors (Lipinski definition) is 1. The predicted molar refractivity (Wildman–Crippen MR) is 80.5 cm³/mol. The molecule has 2 aromatic rings. The Balaban J connectivity index is 2.15. The minimum Gasteiger partial charge on any atom is -0.323 e. The second kappa shape index (κ2) is 6.11. The average molecular weight is 311 g/mol. The number of aryl methyl sites for hydroxylation is 1. The molecule has 0 fully saturated rings. The van der Waals surface area contributed by atoms with Crippen LogP contribution in [0.1, 0.15) is 5.69 Å². The van der Waals surface area contributed by atoms with E-state index in [9.17, 15) is 9.59 Å². The van der Waals surface area contributed by atoms with Crippen LogP contribution in [0.2, 0.25) is 10.0 Å². The highest BCUT2D eigenvalue weighted by Crippen LogP contribution is 2.25. The Morgan fingerprint density at radius 3 is 2.65 bits per heavy atom. The Morgan fingerprint density at radius 2 is 2.00 bits per heavy atom. The van der Waals surface area contributed by atoms with E-state index in [-0.39, 0.29) is 18.0 Å². The summed E-state index contributed by atoms with van der Waals surface area (Å²) in [6.45, 7) is 1.70. The van der Waals surface area contributed by atoms with E-state index in [4.69, 9.17) is 23.2 Å². The first kappa shape index (κ1) is 14.6. The Labute approximate surface area is 125 Å². The summed E-state index contributed by atoms with van der Waals surface area (Å²) in [5, 5.41) is 3.49. The quantitative estimate of drug-likeness (QED) is 0.947. The van der Waals surface area contributed by atoms with Gasteiger partial charge >= 0.3 is 0 Å². The lowest BCUT2D eigenvalue weighted by atomic mass is 10.3. The van der Waals surface area contributed by atoms with Gasteiger partial charge in [-0.25, -0.2) is 0 Å². The molecule has 1 aromatic carbocycles. The van der Waals surface area contributed by atoms with E-state index in [0.717, 1.165) is 5.69 Å². The fourth-order valence-electron chi connectivity index (χ4n) is 1.75. The molecule has 2 rings (SSSR count). The molecule has 1 heterocycles. The van der Waals surface area contributed by atoms with Gasteiger partial charge in [-0.1, -0.05) is 29.3 Å². The number of carbonyl (C=O) groups excluding carboxylic acids is 1. The largest absolute Gasteiger partial charge is 0.323 e. The van der Waals surface area contributed by atoms with Crippen LogP contribution in [-0.4, -0.2) is 10.5 Å². The molecule has 0 radical (unpaired) electrons. The van der Waals surface area contributed by atoms with Crippen LogP contribution < -0.4 is 10.9 Å². The van der Waals surface area contributed by atoms with Gasteiger partial charge < -0.3 is 9.88 Å². The van der Waals surface area contributed by atoms with E-state index in [2.05, 4.69) is 5.32 Å². The molecule has 0 aliphatic carbocycles. The third-order valence-electron chi connectivity index (χ3n) is 2.77. The smallest absolute Gasteiger partial charge is 0.251 e. The van der Waals surface area contributed by atoms with Gasteiger partial charge in [-0.2, -0.15) is 0 Å². The summed E-state index contributed by atoms with van der Waals surface area (Å²) in [4.78, 5) is 23.6. The molecule has 4 nitrogen and oxygen atoms in total. The van der Waals surface area contributed by atoms with Crippen LogP contribution in [0, 0.1) is 6.92 Å². The number of amides is 1. The normalized spacial score (nSPS) is 10.3. The van der Waals surface area contributed by atoms with Crippen molar-refractivity contribution in [2.45, 2.75) is 13.5 Å². The maximum atomic E-state index is 12.0. The SMILES string of the molecule is Cc1cccc(=O)n1CC(=O)Nc1ccc(Cl)cc1Cl. The van der Waals surface area contributed by atoms with Crippen LogP contribution in [-0.2, 0) is 11.3 Å². The Kier molecular flexibility index (Phi) is 4.47. The summed E-state index contributed by atoms with van der Waals surface area (Å²) in [6.07, 6.45) is 0. The van der Waals surface area contributed by atoms with Gasteiger partial charge in [0.15, 0.2) is 0 Å². The number of nitrogens with zero attached hydrogens (tertiary/aromatic N) is 1. The first-order valence-electron chi connectivity index (χ1n) is 5.89. The summed E-state index contributed by atoms with van der Waals surface area (Å²) in [7, 11) is 0. The fourth-order valence-corrected chi connectivity index (χ4v) is 2.21. The zero-order valence-electron chi connectivity index (χ0n) is 10.7. The lowest BCUT2D eigenvalue weighted by Gasteiger charge is -2.11. The second-order valence-electron chi connectivity index (χ2n) is 4.26. The molecular formula is C14H12Cl2N2O2. The summed E-state index contributed by atoms with van der Waals surface area (Å²) in [5.74, 6) is -0.328. The number of aromatic nitrogens is 1. The Hall–Kier alpha value is -1.78. The predicted octanol–water partition coefficient (Wildman–Crippen LogP) is 3.10. The maximum absolute atomic E-state index is 12.0. The lowest BCUT2D eigenvalue weighted by Crippen LogP contribution is -2.28. The molecule has 6 heteroatoms. The zero-order chi connectivity index (χ0) is 14.7. The molecule has 0 saturated heterocycles. The van der Waals surface area contributed by atoms with Crippen molar-refractivity contribution in [1.82, 2.24) is 4.57 Å². The van der Waals surface area contributed by atoms with Crippen molar-refractivity contribution in [3.8, 4) is 0 Å². The van der Waals surface area contributed by atoms with Gasteiger partial charge in [0.25, 0.3) is 5.56 Å². The van der Waals surface area contributed by atoms with Crippen molar-refractivity contribution < 1.29 is 4.79 Å². The number of rotatable bonds is 3. The number of carbonyl (C=O) groups is 1. The molecule has 0 aliphatic heterocycles. The van der Waals surface area contributed by atoms with Gasteiger partial charge in [0.1, 0.15) is 6.54 Å². The van der Waals surface area contributed by atoms with Gasteiger partial charge in [-0.3, -0.25) is 9.59 Å². The molecule has 0 atom stereocenters. The van der Waals surface area contributed by atoms with E-state index in [1.54, 1.807) is 37.3 Å². The molecule has 20 heavy (non-hydrogen) atoms. The van der Waals surface area contributed by atoms with Gasteiger partial charge in [-0.05, 0) is 31.2 Å². The van der Waals surface area contributed by atoms with Gasteiger partial charge in [-0.15, -0.1) is 0 Å². The highest BCUT2D eigenvalue weighted by Gasteiger charge is 2.09. The maximum Gasteiger partial charge on any atom is 0.251 e. The zero-order valence-corrected chi connectivity index (χ0v) is 12.2. The molecule has 0 bridgehead atoms. The van der Waals surface area contributed by atoms with Crippen LogP contribution >= 0.6 is 23.2 Å². The van der Waals surface area contributed by atoms with E-state index in [1.807, 2.05) is 0 Å². The van der Waals surface area contributed by atoms with Crippen molar-refractivity contribution in [3.05, 3.63) is 62.5 Å². The number of nitrogens with one attached hydrogen (secondary N) is 1. The van der Waals surface area contributed by atoms with Crippen LogP contribution in [0.15, 0.2) is 41.2 Å². The minimum absolute atomic E-state index is 0.0650. The molecule has 0 aliphatic rings. The topological polar surface area (TPSA) is 51.1 Å². The number of halogens is 2. The summed E-state index contributed by atoms with van der Waals surface area (Å²) < 4.78 is 1.39. The highest BCUT2D eigenvalue weighted by molar-refractivity contribution is 6.36. The van der Waals surface area contributed by atoms with Crippen molar-refractivity contribution in [2.75, 3.05) is 5.32 Å². The molecule has 1 aromatic heterocycles. The van der Waals surface area contributed by atoms with Gasteiger partial charge in [0, 0.05) is 16.8 Å². The van der Waals surface area contributed by atoms with E-state index >= 15 is 0 Å². The lowest BCUT2D eigenvalue weighted by molar-refractivity contribution is -0.116. The molecular weight excluding hydrogens is 299 g/mol. The minimum atomic E-state index is -0.328. The number of anilines is 1. The van der Waals surface area contributed by atoms with Crippen molar-refractivity contribution in [2.24, 2.45) is 0 Å². The number of benzene rings is 1. The summed E-state index contributed by atoms with van der Waals surface area (Å²) >= 11 is 11.8. The number of hydrogen-bond acceptors (Lipinski definition) is 2. The third-order valence-corrected chi connectivity index (χ3v) is 3.32. The standard InChI is InChI=1S/C14H12Cl2N2O2/c1-9-3-2-4-14(20)18(9)8-13(19)17-12-6-5-10(15)7-11(12)16/h2-7H,8H2,1H3,(H,17,19). The van der Waals surface area contributed by atoms with Crippen LogP contribution in [0.5, 0.6) is 0 Å².